The zero-order chi connectivity index (χ0) is 29.9. The Hall–Kier alpha value is -3.83. The predicted octanol–water partition coefficient (Wildman–Crippen LogP) is 6.01. The number of piperidine rings is 1. The third-order valence-electron chi connectivity index (χ3n) is 8.71. The second kappa shape index (κ2) is 10.4. The molecule has 0 radical (unpaired) electrons. The first-order chi connectivity index (χ1) is 20.6. The van der Waals surface area contributed by atoms with E-state index in [1.165, 1.54) is 17.8 Å². The van der Waals surface area contributed by atoms with Crippen LogP contribution in [0.25, 0.3) is 22.4 Å². The number of ether oxygens (including phenoxy) is 2. The van der Waals surface area contributed by atoms with Gasteiger partial charge in [-0.15, -0.1) is 0 Å². The van der Waals surface area contributed by atoms with E-state index in [0.717, 1.165) is 50.2 Å². The average molecular weight is 606 g/mol. The Morgan fingerprint density at radius 2 is 1.95 bits per heavy atom. The Morgan fingerprint density at radius 3 is 2.67 bits per heavy atom. The summed E-state index contributed by atoms with van der Waals surface area (Å²) in [5, 5.41) is 7.67. The first kappa shape index (κ1) is 28.0. The van der Waals surface area contributed by atoms with Crippen LogP contribution in [0.3, 0.4) is 0 Å². The van der Waals surface area contributed by atoms with Crippen LogP contribution < -0.4 is 10.2 Å². The zero-order valence-corrected chi connectivity index (χ0v) is 25.1. The smallest absolute Gasteiger partial charge is 0.408 e. The molecule has 7 rings (SSSR count). The summed E-state index contributed by atoms with van der Waals surface area (Å²) in [7, 11) is 0. The molecule has 4 aromatic rings. The normalized spacial score (nSPS) is 21.1. The van der Waals surface area contributed by atoms with Gasteiger partial charge in [-0.1, -0.05) is 35.9 Å². The molecule has 1 spiro atoms. The SMILES string of the molecule is CC(C)(C)OC(=O)NC1c2ccccc2CC12CCN(c1cnc3c(-c4ccnc(Cl)c4F)nn(C4CCO4)c3n1)CC2. The van der Waals surface area contributed by atoms with Crippen LogP contribution in [0, 0.1) is 11.2 Å². The van der Waals surface area contributed by atoms with E-state index in [1.54, 1.807) is 10.9 Å². The van der Waals surface area contributed by atoms with Gasteiger partial charge in [-0.2, -0.15) is 5.10 Å². The minimum absolute atomic E-state index is 0.137. The van der Waals surface area contributed by atoms with E-state index in [-0.39, 0.29) is 28.4 Å². The number of nitrogens with one attached hydrogen (secondary N) is 1. The van der Waals surface area contributed by atoms with Crippen LogP contribution in [0.5, 0.6) is 0 Å². The van der Waals surface area contributed by atoms with Crippen LogP contribution in [0.15, 0.2) is 42.7 Å². The summed E-state index contributed by atoms with van der Waals surface area (Å²) in [6.07, 6.45) is 5.83. The highest BCUT2D eigenvalue weighted by atomic mass is 35.5. The second-order valence-electron chi connectivity index (χ2n) is 12.6. The van der Waals surface area contributed by atoms with Crippen molar-refractivity contribution >= 4 is 34.7 Å². The summed E-state index contributed by atoms with van der Waals surface area (Å²) in [5.41, 5.74) is 3.27. The molecular formula is C31H33ClFN7O3. The molecule has 12 heteroatoms. The van der Waals surface area contributed by atoms with E-state index in [1.807, 2.05) is 26.8 Å². The van der Waals surface area contributed by atoms with Gasteiger partial charge in [0.15, 0.2) is 22.8 Å². The molecule has 1 aromatic carbocycles. The maximum atomic E-state index is 15.0. The zero-order valence-electron chi connectivity index (χ0n) is 24.3. The van der Waals surface area contributed by atoms with Crippen LogP contribution in [-0.4, -0.2) is 56.1 Å². The molecule has 0 bridgehead atoms. The molecule has 2 aliphatic heterocycles. The van der Waals surface area contributed by atoms with Crippen LogP contribution >= 0.6 is 11.6 Å². The maximum absolute atomic E-state index is 15.0. The summed E-state index contributed by atoms with van der Waals surface area (Å²) in [6, 6.07) is 9.73. The number of aromatic nitrogens is 5. The first-order valence-electron chi connectivity index (χ1n) is 14.6. The third-order valence-corrected chi connectivity index (χ3v) is 8.97. The maximum Gasteiger partial charge on any atom is 0.408 e. The van der Waals surface area contributed by atoms with Crippen molar-refractivity contribution in [2.45, 2.75) is 64.3 Å². The number of anilines is 1. The number of alkyl carbamates (subject to hydrolysis) is 1. The van der Waals surface area contributed by atoms with Crippen molar-refractivity contribution in [2.24, 2.45) is 5.41 Å². The van der Waals surface area contributed by atoms with Crippen LogP contribution in [0.2, 0.25) is 5.15 Å². The van der Waals surface area contributed by atoms with Crippen LogP contribution in [-0.2, 0) is 15.9 Å². The van der Waals surface area contributed by atoms with Crippen molar-refractivity contribution in [3.63, 3.8) is 0 Å². The van der Waals surface area contributed by atoms with Crippen molar-refractivity contribution < 1.29 is 18.7 Å². The molecule has 224 valence electrons. The molecule has 43 heavy (non-hydrogen) atoms. The molecule has 3 aromatic heterocycles. The Balaban J connectivity index is 1.17. The van der Waals surface area contributed by atoms with Crippen molar-refractivity contribution in [1.82, 2.24) is 30.0 Å². The number of carbonyl (C=O) groups is 1. The van der Waals surface area contributed by atoms with E-state index in [2.05, 4.69) is 38.5 Å². The van der Waals surface area contributed by atoms with Gasteiger partial charge in [-0.3, -0.25) is 0 Å². The highest BCUT2D eigenvalue weighted by Gasteiger charge is 2.49. The summed E-state index contributed by atoms with van der Waals surface area (Å²) in [6.45, 7) is 7.70. The predicted molar refractivity (Wildman–Crippen MR) is 159 cm³/mol. The molecule has 1 amide bonds. The largest absolute Gasteiger partial charge is 0.444 e. The van der Waals surface area contributed by atoms with E-state index in [9.17, 15) is 9.18 Å². The number of hydrogen-bond donors (Lipinski definition) is 1. The lowest BCUT2D eigenvalue weighted by Crippen LogP contribution is -2.48. The van der Waals surface area contributed by atoms with Gasteiger partial charge in [0.25, 0.3) is 0 Å². The number of fused-ring (bicyclic) bond motifs is 2. The van der Waals surface area contributed by atoms with Crippen LogP contribution in [0.1, 0.15) is 63.4 Å². The van der Waals surface area contributed by atoms with Crippen molar-refractivity contribution in [2.75, 3.05) is 24.6 Å². The molecule has 2 fully saturated rings. The topological polar surface area (TPSA) is 107 Å². The van der Waals surface area contributed by atoms with Gasteiger partial charge >= 0.3 is 6.09 Å². The van der Waals surface area contributed by atoms with Gasteiger partial charge in [-0.05, 0) is 57.2 Å². The summed E-state index contributed by atoms with van der Waals surface area (Å²) in [5.74, 6) is 0.0688. The summed E-state index contributed by atoms with van der Waals surface area (Å²) < 4.78 is 28.0. The number of benzene rings is 1. The highest BCUT2D eigenvalue weighted by Crippen LogP contribution is 2.52. The van der Waals surface area contributed by atoms with Crippen molar-refractivity contribution in [1.29, 1.82) is 0 Å². The fourth-order valence-electron chi connectivity index (χ4n) is 6.54. The van der Waals surface area contributed by atoms with Gasteiger partial charge in [0.1, 0.15) is 22.6 Å². The molecule has 0 saturated carbocycles. The van der Waals surface area contributed by atoms with E-state index < -0.39 is 17.5 Å². The lowest BCUT2D eigenvalue weighted by Gasteiger charge is -2.43. The van der Waals surface area contributed by atoms with Gasteiger partial charge in [0.05, 0.1) is 18.8 Å². The lowest BCUT2D eigenvalue weighted by molar-refractivity contribution is -0.104. The fraction of sp³-hybridized carbons (Fsp3) is 0.452. The van der Waals surface area contributed by atoms with E-state index in [0.29, 0.717) is 23.5 Å². The van der Waals surface area contributed by atoms with Gasteiger partial charge in [0.2, 0.25) is 0 Å². The highest BCUT2D eigenvalue weighted by molar-refractivity contribution is 6.29. The number of halogens is 2. The Morgan fingerprint density at radius 1 is 1.19 bits per heavy atom. The Kier molecular flexibility index (Phi) is 6.77. The summed E-state index contributed by atoms with van der Waals surface area (Å²) >= 11 is 5.98. The van der Waals surface area contributed by atoms with Gasteiger partial charge in [0, 0.05) is 36.7 Å². The minimum atomic E-state index is -0.649. The van der Waals surface area contributed by atoms with E-state index >= 15 is 0 Å². The number of hydrogen-bond acceptors (Lipinski definition) is 8. The number of carbonyl (C=O) groups excluding carboxylic acids is 1. The monoisotopic (exact) mass is 605 g/mol. The quantitative estimate of drug-likeness (QED) is 0.282. The van der Waals surface area contributed by atoms with Crippen molar-refractivity contribution in [3.05, 3.63) is 64.8 Å². The minimum Gasteiger partial charge on any atom is -0.444 e. The standard InChI is InChI=1S/C31H33ClFN7O3/c1-30(2,3)43-29(41)37-26-19-7-5-4-6-18(19)16-31(26)10-13-39(14-11-31)21-17-35-25-24(20-8-12-34-27(32)23(20)33)38-40(28(25)36-21)22-9-15-42-22/h4-8,12,17,22,26H,9-11,13-16H2,1-3H3,(H,37,41). The molecule has 2 atom stereocenters. The molecule has 2 saturated heterocycles. The molecule has 3 aliphatic rings. The lowest BCUT2D eigenvalue weighted by atomic mass is 9.72. The number of nitrogens with zero attached hydrogens (tertiary/aromatic N) is 6. The number of amides is 1. The molecular weight excluding hydrogens is 573 g/mol. The van der Waals surface area contributed by atoms with Crippen LogP contribution in [0.4, 0.5) is 15.0 Å². The molecule has 1 N–H and O–H groups in total. The molecule has 10 nitrogen and oxygen atoms in total. The Bertz CT molecular complexity index is 1710. The summed E-state index contributed by atoms with van der Waals surface area (Å²) in [4.78, 5) is 28.7. The number of pyridine rings is 1. The fourth-order valence-corrected chi connectivity index (χ4v) is 6.70. The van der Waals surface area contributed by atoms with Crippen molar-refractivity contribution in [3.8, 4) is 11.3 Å². The third kappa shape index (κ3) is 4.98. The Labute approximate surface area is 253 Å². The molecule has 5 heterocycles. The van der Waals surface area contributed by atoms with Gasteiger partial charge in [-0.25, -0.2) is 28.8 Å². The number of rotatable bonds is 4. The van der Waals surface area contributed by atoms with E-state index in [4.69, 9.17) is 31.0 Å². The first-order valence-corrected chi connectivity index (χ1v) is 15.0. The molecule has 2 unspecified atom stereocenters. The second-order valence-corrected chi connectivity index (χ2v) is 12.9. The average Bonchev–Trinajstić information content (AvgIpc) is 3.44. The molecule has 1 aliphatic carbocycles. The van der Waals surface area contributed by atoms with Gasteiger partial charge < -0.3 is 19.7 Å².